The molecule has 0 aliphatic heterocycles. The molecule has 0 spiro atoms. The van der Waals surface area contributed by atoms with Gasteiger partial charge in [0.05, 0.1) is 6.04 Å². The minimum absolute atomic E-state index is 0. The Balaban J connectivity index is 0.00000324. The lowest BCUT2D eigenvalue weighted by Crippen LogP contribution is -2.42. The minimum Gasteiger partial charge on any atom is -0.354 e. The molecule has 0 radical (unpaired) electrons. The monoisotopic (exact) mass is 308 g/mol. The van der Waals surface area contributed by atoms with Gasteiger partial charge in [0, 0.05) is 6.54 Å². The maximum absolute atomic E-state index is 11.8. The van der Waals surface area contributed by atoms with Crippen LogP contribution in [-0.4, -0.2) is 30.5 Å². The molecular formula is C14H29ClN2OS. The minimum atomic E-state index is -0.328. The maximum atomic E-state index is 11.8. The van der Waals surface area contributed by atoms with E-state index in [9.17, 15) is 4.79 Å². The molecule has 3 N–H and O–H groups in total. The van der Waals surface area contributed by atoms with Crippen molar-refractivity contribution in [2.24, 2.45) is 11.7 Å². The van der Waals surface area contributed by atoms with Gasteiger partial charge in [0.15, 0.2) is 0 Å². The van der Waals surface area contributed by atoms with E-state index < -0.39 is 0 Å². The molecule has 0 saturated heterocycles. The van der Waals surface area contributed by atoms with Gasteiger partial charge in [0.2, 0.25) is 5.91 Å². The van der Waals surface area contributed by atoms with Crippen LogP contribution in [0.5, 0.6) is 0 Å². The molecule has 0 aromatic rings. The molecule has 0 bridgehead atoms. The second-order valence-electron chi connectivity index (χ2n) is 5.34. The summed E-state index contributed by atoms with van der Waals surface area (Å²) in [5, 5.41) is 3.04. The van der Waals surface area contributed by atoms with Crippen LogP contribution in [0.4, 0.5) is 0 Å². The van der Waals surface area contributed by atoms with Gasteiger partial charge in [0.1, 0.15) is 0 Å². The molecule has 0 heterocycles. The van der Waals surface area contributed by atoms with Crippen molar-refractivity contribution in [2.75, 3.05) is 18.6 Å². The molecule has 0 aromatic heterocycles. The summed E-state index contributed by atoms with van der Waals surface area (Å²) < 4.78 is 0. The summed E-state index contributed by atoms with van der Waals surface area (Å²) >= 11 is 1.74. The number of carbonyl (C=O) groups is 1. The van der Waals surface area contributed by atoms with Crippen molar-refractivity contribution in [1.82, 2.24) is 5.32 Å². The van der Waals surface area contributed by atoms with Crippen LogP contribution < -0.4 is 11.1 Å². The smallest absolute Gasteiger partial charge is 0.236 e. The SMILES string of the molecule is CSCC[C@H](N)C(=O)NCC1CCCCCCC1.Cl. The Morgan fingerprint density at radius 2 is 1.84 bits per heavy atom. The molecular weight excluding hydrogens is 280 g/mol. The Bertz CT molecular complexity index is 233. The summed E-state index contributed by atoms with van der Waals surface area (Å²) in [7, 11) is 0. The topological polar surface area (TPSA) is 55.1 Å². The van der Waals surface area contributed by atoms with Crippen molar-refractivity contribution >= 4 is 30.1 Å². The third-order valence-electron chi connectivity index (χ3n) is 3.76. The summed E-state index contributed by atoms with van der Waals surface area (Å²) in [6.07, 6.45) is 12.1. The molecule has 114 valence electrons. The Hall–Kier alpha value is 0.0700. The van der Waals surface area contributed by atoms with Crippen molar-refractivity contribution in [1.29, 1.82) is 0 Å². The summed E-state index contributed by atoms with van der Waals surface area (Å²) in [5.41, 5.74) is 5.85. The van der Waals surface area contributed by atoms with E-state index in [1.807, 2.05) is 6.26 Å². The number of amides is 1. The second kappa shape index (κ2) is 11.9. The van der Waals surface area contributed by atoms with Gasteiger partial charge in [-0.25, -0.2) is 0 Å². The molecule has 1 amide bonds. The van der Waals surface area contributed by atoms with Crippen molar-refractivity contribution in [3.8, 4) is 0 Å². The normalized spacial score (nSPS) is 18.8. The summed E-state index contributed by atoms with van der Waals surface area (Å²) in [6, 6.07) is -0.328. The predicted molar refractivity (Wildman–Crippen MR) is 87.0 cm³/mol. The highest BCUT2D eigenvalue weighted by Gasteiger charge is 2.16. The fraction of sp³-hybridized carbons (Fsp3) is 0.929. The van der Waals surface area contributed by atoms with Crippen molar-refractivity contribution in [3.05, 3.63) is 0 Å². The van der Waals surface area contributed by atoms with E-state index in [2.05, 4.69) is 5.32 Å². The third kappa shape index (κ3) is 8.77. The standard InChI is InChI=1S/C14H28N2OS.ClH/c1-18-10-9-13(15)14(17)16-11-12-7-5-3-2-4-6-8-12;/h12-13H,2-11,15H2,1H3,(H,16,17);1H/t13-;/m0./s1. The van der Waals surface area contributed by atoms with Crippen LogP contribution in [0.3, 0.4) is 0 Å². The van der Waals surface area contributed by atoms with Crippen LogP contribution in [0.1, 0.15) is 51.4 Å². The molecule has 3 nitrogen and oxygen atoms in total. The Labute approximate surface area is 128 Å². The fourth-order valence-electron chi connectivity index (χ4n) is 2.50. The average molecular weight is 309 g/mol. The highest BCUT2D eigenvalue weighted by molar-refractivity contribution is 7.98. The van der Waals surface area contributed by atoms with E-state index in [4.69, 9.17) is 5.73 Å². The first-order valence-corrected chi connectivity index (χ1v) is 8.65. The molecule has 5 heteroatoms. The van der Waals surface area contributed by atoms with E-state index in [0.717, 1.165) is 18.7 Å². The maximum Gasteiger partial charge on any atom is 0.236 e. The lowest BCUT2D eigenvalue weighted by atomic mass is 9.91. The van der Waals surface area contributed by atoms with Gasteiger partial charge < -0.3 is 11.1 Å². The van der Waals surface area contributed by atoms with Crippen LogP contribution in [0.25, 0.3) is 0 Å². The summed E-state index contributed by atoms with van der Waals surface area (Å²) in [5.74, 6) is 1.66. The zero-order chi connectivity index (χ0) is 13.2. The number of thioether (sulfide) groups is 1. The quantitative estimate of drug-likeness (QED) is 0.793. The highest BCUT2D eigenvalue weighted by atomic mass is 35.5. The molecule has 1 rings (SSSR count). The van der Waals surface area contributed by atoms with Gasteiger partial charge in [-0.2, -0.15) is 11.8 Å². The molecule has 1 atom stereocenters. The molecule has 0 aromatic carbocycles. The van der Waals surface area contributed by atoms with Crippen LogP contribution in [0, 0.1) is 5.92 Å². The van der Waals surface area contributed by atoms with Gasteiger partial charge in [-0.05, 0) is 37.2 Å². The number of hydrogen-bond acceptors (Lipinski definition) is 3. The zero-order valence-electron chi connectivity index (χ0n) is 12.0. The van der Waals surface area contributed by atoms with Crippen LogP contribution in [0.15, 0.2) is 0 Å². The first kappa shape index (κ1) is 19.1. The van der Waals surface area contributed by atoms with Crippen LogP contribution in [0.2, 0.25) is 0 Å². The van der Waals surface area contributed by atoms with E-state index in [1.54, 1.807) is 11.8 Å². The Kier molecular flexibility index (Phi) is 11.9. The van der Waals surface area contributed by atoms with E-state index in [0.29, 0.717) is 5.92 Å². The van der Waals surface area contributed by atoms with E-state index >= 15 is 0 Å². The van der Waals surface area contributed by atoms with Crippen LogP contribution >= 0.6 is 24.2 Å². The molecule has 1 fully saturated rings. The van der Waals surface area contributed by atoms with Gasteiger partial charge >= 0.3 is 0 Å². The van der Waals surface area contributed by atoms with Crippen molar-refractivity contribution < 1.29 is 4.79 Å². The average Bonchev–Trinajstić information content (AvgIpc) is 2.34. The number of rotatable bonds is 6. The fourth-order valence-corrected chi connectivity index (χ4v) is 2.99. The Morgan fingerprint density at radius 3 is 2.42 bits per heavy atom. The second-order valence-corrected chi connectivity index (χ2v) is 6.33. The largest absolute Gasteiger partial charge is 0.354 e. The van der Waals surface area contributed by atoms with Gasteiger partial charge in [-0.3, -0.25) is 4.79 Å². The lowest BCUT2D eigenvalue weighted by molar-refractivity contribution is -0.122. The van der Waals surface area contributed by atoms with Crippen LogP contribution in [-0.2, 0) is 4.79 Å². The molecule has 1 aliphatic carbocycles. The lowest BCUT2D eigenvalue weighted by Gasteiger charge is -2.21. The number of halogens is 1. The van der Waals surface area contributed by atoms with Crippen molar-refractivity contribution in [3.63, 3.8) is 0 Å². The Morgan fingerprint density at radius 1 is 1.26 bits per heavy atom. The van der Waals surface area contributed by atoms with Gasteiger partial charge in [-0.1, -0.05) is 32.1 Å². The first-order chi connectivity index (χ1) is 8.74. The predicted octanol–water partition coefficient (Wildman–Crippen LogP) is 2.97. The highest BCUT2D eigenvalue weighted by Crippen LogP contribution is 2.21. The molecule has 1 aliphatic rings. The molecule has 0 unspecified atom stereocenters. The summed E-state index contributed by atoms with van der Waals surface area (Å²) in [4.78, 5) is 11.8. The summed E-state index contributed by atoms with van der Waals surface area (Å²) in [6.45, 7) is 0.825. The molecule has 19 heavy (non-hydrogen) atoms. The first-order valence-electron chi connectivity index (χ1n) is 7.26. The van der Waals surface area contributed by atoms with E-state index in [-0.39, 0.29) is 24.4 Å². The molecule has 1 saturated carbocycles. The van der Waals surface area contributed by atoms with Gasteiger partial charge in [0.25, 0.3) is 0 Å². The number of nitrogens with one attached hydrogen (secondary N) is 1. The van der Waals surface area contributed by atoms with E-state index in [1.165, 1.54) is 44.9 Å². The van der Waals surface area contributed by atoms with Crippen molar-refractivity contribution in [2.45, 2.75) is 57.4 Å². The van der Waals surface area contributed by atoms with Gasteiger partial charge in [-0.15, -0.1) is 12.4 Å². The third-order valence-corrected chi connectivity index (χ3v) is 4.40. The number of hydrogen-bond donors (Lipinski definition) is 2. The number of carbonyl (C=O) groups excluding carboxylic acids is 1. The zero-order valence-corrected chi connectivity index (χ0v) is 13.7. The number of nitrogens with two attached hydrogens (primary N) is 1.